The van der Waals surface area contributed by atoms with Gasteiger partial charge in [0.2, 0.25) is 5.91 Å². The second-order valence-corrected chi connectivity index (χ2v) is 7.13. The third-order valence-corrected chi connectivity index (χ3v) is 4.91. The molecular weight excluding hydrogens is 390 g/mol. The van der Waals surface area contributed by atoms with Gasteiger partial charge in [-0.1, -0.05) is 72.8 Å². The number of nitrogens with zero attached hydrogens (tertiary/aromatic N) is 2. The Morgan fingerprint density at radius 2 is 1.35 bits per heavy atom. The molecule has 1 amide bonds. The van der Waals surface area contributed by atoms with Crippen LogP contribution in [0.3, 0.4) is 0 Å². The molecule has 0 atom stereocenters. The highest BCUT2D eigenvalue weighted by Crippen LogP contribution is 2.20. The lowest BCUT2D eigenvalue weighted by Crippen LogP contribution is -2.41. The zero-order chi connectivity index (χ0) is 21.6. The molecule has 154 valence electrons. The maximum Gasteiger partial charge on any atom is 0.331 e. The molecule has 0 radical (unpaired) electrons. The van der Waals surface area contributed by atoms with E-state index in [9.17, 15) is 14.4 Å². The van der Waals surface area contributed by atoms with Crippen molar-refractivity contribution in [1.82, 2.24) is 9.13 Å². The van der Waals surface area contributed by atoms with E-state index in [1.807, 2.05) is 72.8 Å². The Kier molecular flexibility index (Phi) is 5.89. The van der Waals surface area contributed by atoms with Crippen molar-refractivity contribution in [1.29, 1.82) is 0 Å². The van der Waals surface area contributed by atoms with Gasteiger partial charge in [-0.15, -0.1) is 0 Å². The number of nitrogens with one attached hydrogen (secondary N) is 1. The van der Waals surface area contributed by atoms with Crippen LogP contribution in [-0.2, 0) is 17.9 Å². The molecule has 31 heavy (non-hydrogen) atoms. The third-order valence-electron chi connectivity index (χ3n) is 4.91. The number of anilines is 1. The minimum atomic E-state index is -0.522. The summed E-state index contributed by atoms with van der Waals surface area (Å²) in [4.78, 5) is 37.4. The van der Waals surface area contributed by atoms with Gasteiger partial charge in [0.15, 0.2) is 0 Å². The maximum atomic E-state index is 12.7. The topological polar surface area (TPSA) is 73.1 Å². The average molecular weight is 411 g/mol. The van der Waals surface area contributed by atoms with Crippen molar-refractivity contribution in [3.05, 3.63) is 124 Å². The van der Waals surface area contributed by atoms with Crippen LogP contribution >= 0.6 is 0 Å². The number of rotatable bonds is 6. The fourth-order valence-corrected chi connectivity index (χ4v) is 3.32. The summed E-state index contributed by atoms with van der Waals surface area (Å²) in [7, 11) is 0. The molecule has 1 aromatic heterocycles. The molecule has 6 heteroatoms. The van der Waals surface area contributed by atoms with Gasteiger partial charge in [0.25, 0.3) is 5.56 Å². The molecule has 0 unspecified atom stereocenters. The van der Waals surface area contributed by atoms with Crippen LogP contribution < -0.4 is 16.6 Å². The van der Waals surface area contributed by atoms with Crippen LogP contribution in [0.15, 0.2) is 107 Å². The van der Waals surface area contributed by atoms with Crippen molar-refractivity contribution >= 4 is 11.6 Å². The molecule has 0 saturated carbocycles. The van der Waals surface area contributed by atoms with Gasteiger partial charge in [-0.2, -0.15) is 0 Å². The Bertz CT molecular complexity index is 1290. The van der Waals surface area contributed by atoms with Gasteiger partial charge in [0, 0.05) is 18.0 Å². The van der Waals surface area contributed by atoms with Gasteiger partial charge >= 0.3 is 5.69 Å². The van der Waals surface area contributed by atoms with Gasteiger partial charge in [-0.05, 0) is 28.8 Å². The maximum absolute atomic E-state index is 12.7. The first-order valence-corrected chi connectivity index (χ1v) is 9.90. The van der Waals surface area contributed by atoms with E-state index >= 15 is 0 Å². The Balaban J connectivity index is 1.48. The van der Waals surface area contributed by atoms with Gasteiger partial charge in [0.1, 0.15) is 6.54 Å². The van der Waals surface area contributed by atoms with E-state index in [-0.39, 0.29) is 6.54 Å². The smallest absolute Gasteiger partial charge is 0.325 e. The largest absolute Gasteiger partial charge is 0.331 e. The number of benzene rings is 3. The SMILES string of the molecule is O=C(Cn1c(=O)ccn(Cc2ccccc2)c1=O)Nc1ccc(-c2ccccc2)cc1. The monoisotopic (exact) mass is 411 g/mol. The fraction of sp³-hybridized carbons (Fsp3) is 0.0800. The van der Waals surface area contributed by atoms with E-state index in [0.29, 0.717) is 12.2 Å². The molecule has 1 N–H and O–H groups in total. The van der Waals surface area contributed by atoms with Gasteiger partial charge < -0.3 is 5.32 Å². The highest BCUT2D eigenvalue weighted by Gasteiger charge is 2.11. The van der Waals surface area contributed by atoms with Crippen molar-refractivity contribution in [2.75, 3.05) is 5.32 Å². The zero-order valence-corrected chi connectivity index (χ0v) is 16.8. The average Bonchev–Trinajstić information content (AvgIpc) is 2.80. The first-order chi connectivity index (χ1) is 15.1. The van der Waals surface area contributed by atoms with Crippen LogP contribution in [0.2, 0.25) is 0 Å². The number of aromatic nitrogens is 2. The zero-order valence-electron chi connectivity index (χ0n) is 16.8. The molecule has 4 aromatic rings. The van der Waals surface area contributed by atoms with Gasteiger partial charge in [0.05, 0.1) is 6.54 Å². The molecule has 1 heterocycles. The second-order valence-electron chi connectivity index (χ2n) is 7.13. The summed E-state index contributed by atoms with van der Waals surface area (Å²) in [5, 5.41) is 2.75. The van der Waals surface area contributed by atoms with Gasteiger partial charge in [-0.25, -0.2) is 4.79 Å². The third kappa shape index (κ3) is 4.87. The Morgan fingerprint density at radius 1 is 0.742 bits per heavy atom. The molecule has 3 aromatic carbocycles. The Labute approximate surface area is 179 Å². The lowest BCUT2D eigenvalue weighted by Gasteiger charge is -2.11. The summed E-state index contributed by atoms with van der Waals surface area (Å²) in [6.45, 7) is -0.0315. The molecule has 0 bridgehead atoms. The van der Waals surface area contributed by atoms with Crippen LogP contribution in [0.1, 0.15) is 5.56 Å². The highest BCUT2D eigenvalue weighted by molar-refractivity contribution is 5.90. The fourth-order valence-electron chi connectivity index (χ4n) is 3.32. The van der Waals surface area contributed by atoms with E-state index in [4.69, 9.17) is 0 Å². The van der Waals surface area contributed by atoms with Crippen molar-refractivity contribution < 1.29 is 4.79 Å². The molecule has 0 aliphatic carbocycles. The molecule has 6 nitrogen and oxygen atoms in total. The Hall–Kier alpha value is -4.19. The normalized spacial score (nSPS) is 10.6. The predicted molar refractivity (Wildman–Crippen MR) is 121 cm³/mol. The van der Waals surface area contributed by atoms with E-state index in [2.05, 4.69) is 5.32 Å². The number of hydrogen-bond acceptors (Lipinski definition) is 3. The quantitative estimate of drug-likeness (QED) is 0.529. The number of amides is 1. The lowest BCUT2D eigenvalue weighted by atomic mass is 10.1. The van der Waals surface area contributed by atoms with E-state index in [1.165, 1.54) is 16.8 Å². The van der Waals surface area contributed by atoms with Crippen molar-refractivity contribution in [3.63, 3.8) is 0 Å². The van der Waals surface area contributed by atoms with Crippen LogP contribution in [0.25, 0.3) is 11.1 Å². The molecule has 0 aliphatic rings. The van der Waals surface area contributed by atoms with Crippen molar-refractivity contribution in [2.45, 2.75) is 13.1 Å². The summed E-state index contributed by atoms with van der Waals surface area (Å²) in [6, 6.07) is 28.1. The van der Waals surface area contributed by atoms with Crippen LogP contribution in [0.4, 0.5) is 5.69 Å². The van der Waals surface area contributed by atoms with E-state index in [0.717, 1.165) is 21.3 Å². The number of carbonyl (C=O) groups excluding carboxylic acids is 1. The van der Waals surface area contributed by atoms with Crippen molar-refractivity contribution in [3.8, 4) is 11.1 Å². The first kappa shape index (κ1) is 20.1. The lowest BCUT2D eigenvalue weighted by molar-refractivity contribution is -0.116. The minimum Gasteiger partial charge on any atom is -0.325 e. The molecule has 4 rings (SSSR count). The standard InChI is InChI=1S/C25H21N3O3/c29-23(26-22-13-11-21(12-14-22)20-9-5-2-6-10-20)18-28-24(30)15-16-27(25(28)31)17-19-7-3-1-4-8-19/h1-16H,17-18H2,(H,26,29). The van der Waals surface area contributed by atoms with Crippen LogP contribution in [0.5, 0.6) is 0 Å². The molecule has 0 spiro atoms. The van der Waals surface area contributed by atoms with E-state index < -0.39 is 17.2 Å². The minimum absolute atomic E-state index is 0.322. The number of carbonyl (C=O) groups is 1. The van der Waals surface area contributed by atoms with Crippen molar-refractivity contribution in [2.24, 2.45) is 0 Å². The van der Waals surface area contributed by atoms with Crippen LogP contribution in [-0.4, -0.2) is 15.0 Å². The van der Waals surface area contributed by atoms with Crippen LogP contribution in [0, 0.1) is 0 Å². The summed E-state index contributed by atoms with van der Waals surface area (Å²) >= 11 is 0. The molecular formula is C25H21N3O3. The predicted octanol–water partition coefficient (Wildman–Crippen LogP) is 3.36. The highest BCUT2D eigenvalue weighted by atomic mass is 16.2. The summed E-state index contributed by atoms with van der Waals surface area (Å²) < 4.78 is 2.36. The van der Waals surface area contributed by atoms with Gasteiger partial charge in [-0.3, -0.25) is 18.7 Å². The second kappa shape index (κ2) is 9.09. The molecule has 0 aliphatic heterocycles. The molecule has 0 saturated heterocycles. The molecule has 0 fully saturated rings. The number of hydrogen-bond donors (Lipinski definition) is 1. The first-order valence-electron chi connectivity index (χ1n) is 9.90. The summed E-state index contributed by atoms with van der Waals surface area (Å²) in [5.74, 6) is -0.441. The Morgan fingerprint density at radius 3 is 2.03 bits per heavy atom. The van der Waals surface area contributed by atoms with E-state index in [1.54, 1.807) is 12.1 Å². The summed E-state index contributed by atoms with van der Waals surface area (Å²) in [5.41, 5.74) is 2.60. The summed E-state index contributed by atoms with van der Waals surface area (Å²) in [6.07, 6.45) is 1.45.